The van der Waals surface area contributed by atoms with Crippen molar-refractivity contribution in [3.8, 4) is 0 Å². The molecule has 2 aliphatic heterocycles. The first-order valence-corrected chi connectivity index (χ1v) is 9.67. The summed E-state index contributed by atoms with van der Waals surface area (Å²) in [6.07, 6.45) is 4.64. The Balaban J connectivity index is 0.00000225. The van der Waals surface area contributed by atoms with Crippen molar-refractivity contribution in [1.82, 2.24) is 14.8 Å². The van der Waals surface area contributed by atoms with Crippen molar-refractivity contribution in [3.05, 3.63) is 30.5 Å². The van der Waals surface area contributed by atoms with Crippen LogP contribution >= 0.6 is 12.4 Å². The fourth-order valence-electron chi connectivity index (χ4n) is 3.84. The van der Waals surface area contributed by atoms with E-state index < -0.39 is 0 Å². The summed E-state index contributed by atoms with van der Waals surface area (Å²) >= 11 is 0. The fraction of sp³-hybridized carbons (Fsp3) is 0.500. The van der Waals surface area contributed by atoms with Crippen LogP contribution in [0.15, 0.2) is 30.5 Å². The van der Waals surface area contributed by atoms with Crippen LogP contribution in [0.4, 0.5) is 5.69 Å². The second-order valence-electron chi connectivity index (χ2n) is 7.26. The highest BCUT2D eigenvalue weighted by Crippen LogP contribution is 2.21. The average molecular weight is 407 g/mol. The molecule has 0 aliphatic carbocycles. The first kappa shape index (κ1) is 20.6. The van der Waals surface area contributed by atoms with Gasteiger partial charge < -0.3 is 24.8 Å². The van der Waals surface area contributed by atoms with E-state index in [0.29, 0.717) is 45.3 Å². The van der Waals surface area contributed by atoms with Crippen LogP contribution in [0.3, 0.4) is 0 Å². The van der Waals surface area contributed by atoms with Gasteiger partial charge in [-0.25, -0.2) is 0 Å². The molecule has 2 amide bonds. The van der Waals surface area contributed by atoms with E-state index in [2.05, 4.69) is 10.6 Å². The van der Waals surface area contributed by atoms with Crippen LogP contribution in [0.2, 0.25) is 0 Å². The molecule has 1 aromatic carbocycles. The van der Waals surface area contributed by atoms with E-state index in [9.17, 15) is 9.59 Å². The second kappa shape index (κ2) is 9.41. The number of halogens is 1. The zero-order valence-corrected chi connectivity index (χ0v) is 16.7. The van der Waals surface area contributed by atoms with Gasteiger partial charge in [0.05, 0.1) is 13.2 Å². The SMILES string of the molecule is Cl.O=C(CC1CCCN1)Nc1ccc2c(ccn2CC(=O)N2CCOCC2)c1. The van der Waals surface area contributed by atoms with Crippen LogP contribution in [0, 0.1) is 0 Å². The normalized spacial score (nSPS) is 19.4. The van der Waals surface area contributed by atoms with Gasteiger partial charge in [-0.1, -0.05) is 0 Å². The zero-order valence-electron chi connectivity index (χ0n) is 15.9. The molecule has 152 valence electrons. The quantitative estimate of drug-likeness (QED) is 0.796. The van der Waals surface area contributed by atoms with E-state index in [1.165, 1.54) is 0 Å². The number of carbonyl (C=O) groups is 2. The van der Waals surface area contributed by atoms with Gasteiger partial charge in [-0.15, -0.1) is 12.4 Å². The third-order valence-corrected chi connectivity index (χ3v) is 5.32. The molecular formula is C20H27ClN4O3. The number of anilines is 1. The number of nitrogens with one attached hydrogen (secondary N) is 2. The lowest BCUT2D eigenvalue weighted by atomic mass is 10.1. The van der Waals surface area contributed by atoms with Gasteiger partial charge in [0.15, 0.2) is 0 Å². The van der Waals surface area contributed by atoms with Gasteiger partial charge in [0.1, 0.15) is 6.54 Å². The number of carbonyl (C=O) groups excluding carboxylic acids is 2. The molecular weight excluding hydrogens is 380 g/mol. The lowest BCUT2D eigenvalue weighted by Gasteiger charge is -2.27. The molecule has 0 saturated carbocycles. The van der Waals surface area contributed by atoms with Crippen molar-refractivity contribution < 1.29 is 14.3 Å². The van der Waals surface area contributed by atoms with Crippen LogP contribution in [-0.4, -0.2) is 60.2 Å². The number of amides is 2. The predicted octanol–water partition coefficient (Wildman–Crippen LogP) is 2.00. The number of nitrogens with zero attached hydrogens (tertiary/aromatic N) is 2. The molecule has 4 rings (SSSR count). The van der Waals surface area contributed by atoms with E-state index in [1.807, 2.05) is 39.9 Å². The summed E-state index contributed by atoms with van der Waals surface area (Å²) in [6, 6.07) is 8.10. The standard InChI is InChI=1S/C20H26N4O3.ClH/c25-19(13-16-2-1-6-21-16)22-17-3-4-18-15(12-17)5-7-24(18)14-20(26)23-8-10-27-11-9-23;/h3-5,7,12,16,21H,1-2,6,8-11,13-14H2,(H,22,25);1H. The molecule has 2 saturated heterocycles. The molecule has 0 bridgehead atoms. The molecule has 2 N–H and O–H groups in total. The molecule has 0 radical (unpaired) electrons. The van der Waals surface area contributed by atoms with Gasteiger partial charge in [-0.2, -0.15) is 0 Å². The number of benzene rings is 1. The average Bonchev–Trinajstić information content (AvgIpc) is 3.32. The molecule has 2 aliphatic rings. The van der Waals surface area contributed by atoms with Gasteiger partial charge in [0.25, 0.3) is 0 Å². The Morgan fingerprint density at radius 1 is 1.21 bits per heavy atom. The van der Waals surface area contributed by atoms with Gasteiger partial charge in [0, 0.05) is 48.3 Å². The minimum absolute atomic E-state index is 0. The minimum atomic E-state index is 0. The number of ether oxygens (including phenoxy) is 1. The van der Waals surface area contributed by atoms with Crippen LogP contribution < -0.4 is 10.6 Å². The topological polar surface area (TPSA) is 75.6 Å². The third kappa shape index (κ3) is 4.84. The molecule has 1 atom stereocenters. The number of morpholine rings is 1. The molecule has 28 heavy (non-hydrogen) atoms. The summed E-state index contributed by atoms with van der Waals surface area (Å²) in [6.45, 7) is 3.85. The number of fused-ring (bicyclic) bond motifs is 1. The van der Waals surface area contributed by atoms with Crippen molar-refractivity contribution in [2.45, 2.75) is 31.8 Å². The minimum Gasteiger partial charge on any atom is -0.378 e. The highest BCUT2D eigenvalue weighted by atomic mass is 35.5. The lowest BCUT2D eigenvalue weighted by molar-refractivity contribution is -0.135. The van der Waals surface area contributed by atoms with E-state index in [1.54, 1.807) is 0 Å². The Morgan fingerprint density at radius 2 is 2.04 bits per heavy atom. The van der Waals surface area contributed by atoms with Crippen molar-refractivity contribution in [2.75, 3.05) is 38.2 Å². The molecule has 7 nitrogen and oxygen atoms in total. The van der Waals surface area contributed by atoms with E-state index in [4.69, 9.17) is 4.74 Å². The fourth-order valence-corrected chi connectivity index (χ4v) is 3.84. The first-order chi connectivity index (χ1) is 13.2. The maximum Gasteiger partial charge on any atom is 0.242 e. The molecule has 1 aromatic heterocycles. The van der Waals surface area contributed by atoms with Gasteiger partial charge in [-0.05, 0) is 43.7 Å². The van der Waals surface area contributed by atoms with Gasteiger partial charge in [0.2, 0.25) is 11.8 Å². The van der Waals surface area contributed by atoms with Gasteiger partial charge in [-0.3, -0.25) is 9.59 Å². The summed E-state index contributed by atoms with van der Waals surface area (Å²) in [5, 5.41) is 7.34. The number of hydrogen-bond acceptors (Lipinski definition) is 4. The summed E-state index contributed by atoms with van der Waals surface area (Å²) in [5.74, 6) is 0.146. The van der Waals surface area contributed by atoms with Crippen LogP contribution in [0.1, 0.15) is 19.3 Å². The summed E-state index contributed by atoms with van der Waals surface area (Å²) in [4.78, 5) is 26.5. The summed E-state index contributed by atoms with van der Waals surface area (Å²) < 4.78 is 7.26. The smallest absolute Gasteiger partial charge is 0.242 e. The predicted molar refractivity (Wildman–Crippen MR) is 111 cm³/mol. The Bertz CT molecular complexity index is 826. The van der Waals surface area contributed by atoms with Gasteiger partial charge >= 0.3 is 0 Å². The zero-order chi connectivity index (χ0) is 18.6. The molecule has 1 unspecified atom stereocenters. The maximum absolute atomic E-state index is 12.5. The molecule has 3 heterocycles. The van der Waals surface area contributed by atoms with Crippen LogP contribution in [0.5, 0.6) is 0 Å². The Hall–Kier alpha value is -2.09. The monoisotopic (exact) mass is 406 g/mol. The van der Waals surface area contributed by atoms with E-state index >= 15 is 0 Å². The largest absolute Gasteiger partial charge is 0.378 e. The Morgan fingerprint density at radius 3 is 2.79 bits per heavy atom. The number of rotatable bonds is 5. The highest BCUT2D eigenvalue weighted by Gasteiger charge is 2.19. The van der Waals surface area contributed by atoms with Crippen molar-refractivity contribution in [2.24, 2.45) is 0 Å². The van der Waals surface area contributed by atoms with Crippen LogP contribution in [0.25, 0.3) is 10.9 Å². The first-order valence-electron chi connectivity index (χ1n) is 9.67. The van der Waals surface area contributed by atoms with Crippen LogP contribution in [-0.2, 0) is 20.9 Å². The molecule has 2 fully saturated rings. The number of aromatic nitrogens is 1. The molecule has 2 aromatic rings. The molecule has 8 heteroatoms. The third-order valence-electron chi connectivity index (χ3n) is 5.32. The van der Waals surface area contributed by atoms with Crippen molar-refractivity contribution in [1.29, 1.82) is 0 Å². The van der Waals surface area contributed by atoms with Crippen molar-refractivity contribution >= 4 is 40.8 Å². The molecule has 0 spiro atoms. The van der Waals surface area contributed by atoms with E-state index in [-0.39, 0.29) is 24.2 Å². The Labute approximate surface area is 170 Å². The number of hydrogen-bond donors (Lipinski definition) is 2. The maximum atomic E-state index is 12.5. The lowest BCUT2D eigenvalue weighted by Crippen LogP contribution is -2.42. The van der Waals surface area contributed by atoms with E-state index in [0.717, 1.165) is 36.0 Å². The summed E-state index contributed by atoms with van der Waals surface area (Å²) in [5.41, 5.74) is 1.79. The summed E-state index contributed by atoms with van der Waals surface area (Å²) in [7, 11) is 0. The Kier molecular flexibility index (Phi) is 6.93. The highest BCUT2D eigenvalue weighted by molar-refractivity contribution is 5.94. The van der Waals surface area contributed by atoms with Crippen molar-refractivity contribution in [3.63, 3.8) is 0 Å². The second-order valence-corrected chi connectivity index (χ2v) is 7.26.